The zero-order valence-electron chi connectivity index (χ0n) is 16.7. The number of aromatic nitrogens is 2. The zero-order valence-corrected chi connectivity index (χ0v) is 16.7. The standard InChI is InChI=1S/C24H26N4O2/c29-21-15-28(14-19-8-4-5-10-26-19)16-24(21)20(22(24)17-6-2-1-3-7-17)13-27-23(30)18-9-11-25-12-18/h1-12,20-22,25,29H,13-16H2,(H,27,30)/t20-,21+,22-,24-/m1/s1. The first-order valence-electron chi connectivity index (χ1n) is 10.4. The number of β-amino-alcohol motifs (C(OH)–C–C–N with tert-alkyl or cyclic N) is 1. The minimum absolute atomic E-state index is 0.0806. The first kappa shape index (κ1) is 19.0. The molecule has 0 bridgehead atoms. The maximum atomic E-state index is 12.5. The van der Waals surface area contributed by atoms with E-state index in [1.54, 1.807) is 24.7 Å². The summed E-state index contributed by atoms with van der Waals surface area (Å²) in [6.07, 6.45) is 4.82. The van der Waals surface area contributed by atoms with E-state index in [2.05, 4.69) is 32.3 Å². The summed E-state index contributed by atoms with van der Waals surface area (Å²) < 4.78 is 0. The van der Waals surface area contributed by atoms with E-state index >= 15 is 0 Å². The van der Waals surface area contributed by atoms with E-state index in [1.807, 2.05) is 36.4 Å². The second kappa shape index (κ2) is 7.70. The van der Waals surface area contributed by atoms with Crippen molar-refractivity contribution >= 4 is 5.91 Å². The molecule has 6 heteroatoms. The number of carbonyl (C=O) groups is 1. The van der Waals surface area contributed by atoms with E-state index < -0.39 is 6.10 Å². The molecule has 3 heterocycles. The molecule has 2 aliphatic rings. The van der Waals surface area contributed by atoms with E-state index in [0.717, 1.165) is 18.8 Å². The Morgan fingerprint density at radius 2 is 2.03 bits per heavy atom. The molecule has 2 fully saturated rings. The molecule has 6 nitrogen and oxygen atoms in total. The molecule has 30 heavy (non-hydrogen) atoms. The molecule has 154 valence electrons. The van der Waals surface area contributed by atoms with Gasteiger partial charge in [-0.25, -0.2) is 0 Å². The van der Waals surface area contributed by atoms with Crippen LogP contribution in [0.4, 0.5) is 0 Å². The highest BCUT2D eigenvalue weighted by Gasteiger charge is 2.70. The zero-order chi connectivity index (χ0) is 20.6. The first-order chi connectivity index (χ1) is 14.7. The van der Waals surface area contributed by atoms with Crippen molar-refractivity contribution in [1.29, 1.82) is 0 Å². The van der Waals surface area contributed by atoms with Crippen molar-refractivity contribution in [3.8, 4) is 0 Å². The molecule has 1 amide bonds. The molecule has 1 aliphatic carbocycles. The summed E-state index contributed by atoms with van der Waals surface area (Å²) in [4.78, 5) is 22.1. The molecular weight excluding hydrogens is 376 g/mol. The van der Waals surface area contributed by atoms with Gasteiger partial charge in [0, 0.05) is 50.2 Å². The van der Waals surface area contributed by atoms with Gasteiger partial charge in [-0.1, -0.05) is 36.4 Å². The van der Waals surface area contributed by atoms with Gasteiger partial charge in [0.1, 0.15) is 0 Å². The van der Waals surface area contributed by atoms with Crippen molar-refractivity contribution < 1.29 is 9.90 Å². The third-order valence-electron chi connectivity index (χ3n) is 6.72. The number of likely N-dealkylation sites (tertiary alicyclic amines) is 1. The number of hydrogen-bond donors (Lipinski definition) is 3. The predicted molar refractivity (Wildman–Crippen MR) is 114 cm³/mol. The van der Waals surface area contributed by atoms with E-state index in [0.29, 0.717) is 18.7 Å². The number of benzene rings is 1. The van der Waals surface area contributed by atoms with Crippen LogP contribution in [0.2, 0.25) is 0 Å². The summed E-state index contributed by atoms with van der Waals surface area (Å²) in [5.74, 6) is 0.350. The van der Waals surface area contributed by atoms with Gasteiger partial charge in [-0.3, -0.25) is 14.7 Å². The third kappa shape index (κ3) is 3.32. The van der Waals surface area contributed by atoms with Gasteiger partial charge in [-0.15, -0.1) is 0 Å². The van der Waals surface area contributed by atoms with Crippen LogP contribution in [0.25, 0.3) is 0 Å². The Balaban J connectivity index is 1.34. The number of aliphatic hydroxyl groups is 1. The number of aliphatic hydroxyl groups excluding tert-OH is 1. The lowest BCUT2D eigenvalue weighted by molar-refractivity contribution is 0.0939. The minimum Gasteiger partial charge on any atom is -0.391 e. The maximum absolute atomic E-state index is 12.5. The lowest BCUT2D eigenvalue weighted by atomic mass is 9.95. The number of carbonyl (C=O) groups excluding carboxylic acids is 1. The Morgan fingerprint density at radius 3 is 2.77 bits per heavy atom. The van der Waals surface area contributed by atoms with Crippen LogP contribution in [0.3, 0.4) is 0 Å². The molecule has 1 aliphatic heterocycles. The second-order valence-corrected chi connectivity index (χ2v) is 8.42. The molecular formula is C24H26N4O2. The molecule has 3 aromatic rings. The van der Waals surface area contributed by atoms with Crippen LogP contribution in [0.15, 0.2) is 73.2 Å². The highest BCUT2D eigenvalue weighted by Crippen LogP contribution is 2.68. The normalized spacial score (nSPS) is 28.0. The van der Waals surface area contributed by atoms with Gasteiger partial charge in [0.05, 0.1) is 17.4 Å². The number of rotatable bonds is 6. The Hall–Kier alpha value is -2.96. The summed E-state index contributed by atoms with van der Waals surface area (Å²) in [5.41, 5.74) is 2.64. The molecule has 1 saturated carbocycles. The summed E-state index contributed by atoms with van der Waals surface area (Å²) in [7, 11) is 0. The fourth-order valence-electron chi connectivity index (χ4n) is 5.30. The van der Waals surface area contributed by atoms with Gasteiger partial charge in [0.2, 0.25) is 0 Å². The van der Waals surface area contributed by atoms with Crippen LogP contribution in [-0.4, -0.2) is 51.6 Å². The molecule has 2 aromatic heterocycles. The smallest absolute Gasteiger partial charge is 0.252 e. The Morgan fingerprint density at radius 1 is 1.20 bits per heavy atom. The largest absolute Gasteiger partial charge is 0.391 e. The number of nitrogens with zero attached hydrogens (tertiary/aromatic N) is 2. The van der Waals surface area contributed by atoms with E-state index in [4.69, 9.17) is 0 Å². The molecule has 4 atom stereocenters. The van der Waals surface area contributed by atoms with Crippen molar-refractivity contribution in [3.05, 3.63) is 90.0 Å². The number of amides is 1. The van der Waals surface area contributed by atoms with Gasteiger partial charge in [0.25, 0.3) is 5.91 Å². The SMILES string of the molecule is O=C(NC[C@@H]1[C@@H](c2ccccc2)[C@]12CN(Cc1ccccn1)C[C@@H]2O)c1cc[nH]c1. The summed E-state index contributed by atoms with van der Waals surface area (Å²) in [5, 5.41) is 14.2. The average Bonchev–Trinajstić information content (AvgIpc) is 3.07. The van der Waals surface area contributed by atoms with Crippen LogP contribution in [0, 0.1) is 11.3 Å². The second-order valence-electron chi connectivity index (χ2n) is 8.42. The van der Waals surface area contributed by atoms with Crippen molar-refractivity contribution in [2.24, 2.45) is 11.3 Å². The summed E-state index contributed by atoms with van der Waals surface area (Å²) in [6, 6.07) is 18.1. The van der Waals surface area contributed by atoms with Crippen molar-refractivity contribution in [2.75, 3.05) is 19.6 Å². The number of nitrogens with one attached hydrogen (secondary N) is 2. The van der Waals surface area contributed by atoms with Crippen molar-refractivity contribution in [2.45, 2.75) is 18.6 Å². The number of hydrogen-bond acceptors (Lipinski definition) is 4. The molecule has 0 unspecified atom stereocenters. The fraction of sp³-hybridized carbons (Fsp3) is 0.333. The van der Waals surface area contributed by atoms with Gasteiger partial charge in [-0.05, 0) is 35.6 Å². The molecule has 5 rings (SSSR count). The molecule has 3 N–H and O–H groups in total. The average molecular weight is 402 g/mol. The van der Waals surface area contributed by atoms with Gasteiger partial charge in [-0.2, -0.15) is 0 Å². The maximum Gasteiger partial charge on any atom is 0.252 e. The lowest BCUT2D eigenvalue weighted by Crippen LogP contribution is -2.30. The lowest BCUT2D eigenvalue weighted by Gasteiger charge is -2.16. The van der Waals surface area contributed by atoms with Gasteiger partial charge in [0.15, 0.2) is 0 Å². The highest BCUT2D eigenvalue weighted by atomic mass is 16.3. The van der Waals surface area contributed by atoms with E-state index in [1.165, 1.54) is 5.56 Å². The van der Waals surface area contributed by atoms with E-state index in [-0.39, 0.29) is 23.2 Å². The molecule has 1 aromatic carbocycles. The molecule has 1 spiro atoms. The summed E-state index contributed by atoms with van der Waals surface area (Å²) in [6.45, 7) is 2.71. The van der Waals surface area contributed by atoms with Crippen LogP contribution in [-0.2, 0) is 6.54 Å². The molecule has 0 radical (unpaired) electrons. The van der Waals surface area contributed by atoms with Gasteiger partial charge >= 0.3 is 0 Å². The topological polar surface area (TPSA) is 81.2 Å². The van der Waals surface area contributed by atoms with E-state index in [9.17, 15) is 9.90 Å². The van der Waals surface area contributed by atoms with Crippen LogP contribution in [0.5, 0.6) is 0 Å². The monoisotopic (exact) mass is 402 g/mol. The number of pyridine rings is 1. The Kier molecular flexibility index (Phi) is 4.89. The van der Waals surface area contributed by atoms with Crippen molar-refractivity contribution in [3.63, 3.8) is 0 Å². The Labute approximate surface area is 176 Å². The van der Waals surface area contributed by atoms with Crippen molar-refractivity contribution in [1.82, 2.24) is 20.2 Å². The third-order valence-corrected chi connectivity index (χ3v) is 6.72. The minimum atomic E-state index is -0.430. The summed E-state index contributed by atoms with van der Waals surface area (Å²) >= 11 is 0. The number of aromatic amines is 1. The Bertz CT molecular complexity index is 993. The quantitative estimate of drug-likeness (QED) is 0.592. The highest BCUT2D eigenvalue weighted by molar-refractivity contribution is 5.93. The van der Waals surface area contributed by atoms with Crippen LogP contribution < -0.4 is 5.32 Å². The van der Waals surface area contributed by atoms with Gasteiger partial charge < -0.3 is 15.4 Å². The molecule has 1 saturated heterocycles. The fourth-order valence-corrected chi connectivity index (χ4v) is 5.30. The van der Waals surface area contributed by atoms with Crippen LogP contribution in [0.1, 0.15) is 27.5 Å². The predicted octanol–water partition coefficient (Wildman–Crippen LogP) is 2.42. The number of H-pyrrole nitrogens is 1. The first-order valence-corrected chi connectivity index (χ1v) is 10.4. The van der Waals surface area contributed by atoms with Crippen LogP contribution >= 0.6 is 0 Å².